The van der Waals surface area contributed by atoms with Gasteiger partial charge in [0.25, 0.3) is 0 Å². The minimum atomic E-state index is 0.514. The van der Waals surface area contributed by atoms with Crippen LogP contribution in [-0.4, -0.2) is 21.1 Å². The molecule has 0 aliphatic heterocycles. The van der Waals surface area contributed by atoms with Crippen LogP contribution in [0.2, 0.25) is 0 Å². The number of allylic oxidation sites excluding steroid dienone is 1. The first kappa shape index (κ1) is 13.4. The van der Waals surface area contributed by atoms with Gasteiger partial charge in [-0.25, -0.2) is 0 Å². The van der Waals surface area contributed by atoms with Crippen molar-refractivity contribution in [3.63, 3.8) is 0 Å². The van der Waals surface area contributed by atoms with Crippen LogP contribution < -0.4 is 0 Å². The minimum Gasteiger partial charge on any atom is -0.250 e. The number of aromatic nitrogens is 3. The van der Waals surface area contributed by atoms with E-state index in [1.54, 1.807) is 10.9 Å². The SMILES string of the molecule is CCc1n[nH]c(=S)n1N=C/C(C)=C\c1ccccc1. The van der Waals surface area contributed by atoms with Crippen molar-refractivity contribution in [2.24, 2.45) is 5.10 Å². The Labute approximate surface area is 117 Å². The molecule has 2 rings (SSSR count). The number of aromatic amines is 1. The number of benzene rings is 1. The first-order valence-electron chi connectivity index (χ1n) is 6.14. The van der Waals surface area contributed by atoms with Crippen molar-refractivity contribution >= 4 is 24.5 Å². The molecule has 0 amide bonds. The highest BCUT2D eigenvalue weighted by atomic mass is 32.1. The van der Waals surface area contributed by atoms with E-state index in [9.17, 15) is 0 Å². The standard InChI is InChI=1S/C14H16N4S/c1-3-13-16-17-14(19)18(13)15-10-11(2)9-12-7-5-4-6-8-12/h4-10H,3H2,1-2H3,(H,17,19)/b11-9-,15-10?. The first-order chi connectivity index (χ1) is 9.20. The van der Waals surface area contributed by atoms with E-state index in [4.69, 9.17) is 12.2 Å². The molecule has 2 aromatic rings. The second-order valence-electron chi connectivity index (χ2n) is 4.15. The molecule has 19 heavy (non-hydrogen) atoms. The predicted octanol–water partition coefficient (Wildman–Crippen LogP) is 3.44. The number of rotatable bonds is 4. The maximum atomic E-state index is 5.13. The molecule has 5 heteroatoms. The molecule has 0 aliphatic rings. The van der Waals surface area contributed by atoms with Gasteiger partial charge in [-0.05, 0) is 30.3 Å². The summed E-state index contributed by atoms with van der Waals surface area (Å²) in [5.74, 6) is 0.828. The van der Waals surface area contributed by atoms with E-state index in [0.29, 0.717) is 4.77 Å². The van der Waals surface area contributed by atoms with E-state index < -0.39 is 0 Å². The van der Waals surface area contributed by atoms with Crippen LogP contribution in [0, 0.1) is 4.77 Å². The average molecular weight is 272 g/mol. The van der Waals surface area contributed by atoms with Crippen LogP contribution in [0.25, 0.3) is 6.08 Å². The third kappa shape index (κ3) is 3.48. The summed E-state index contributed by atoms with van der Waals surface area (Å²) in [6.07, 6.45) is 4.64. The van der Waals surface area contributed by atoms with Crippen LogP contribution in [0.15, 0.2) is 41.0 Å². The van der Waals surface area contributed by atoms with Gasteiger partial charge in [-0.1, -0.05) is 43.3 Å². The fourth-order valence-electron chi connectivity index (χ4n) is 1.67. The van der Waals surface area contributed by atoms with E-state index >= 15 is 0 Å². The topological polar surface area (TPSA) is 46.0 Å². The fourth-order valence-corrected chi connectivity index (χ4v) is 1.87. The van der Waals surface area contributed by atoms with Gasteiger partial charge in [-0.3, -0.25) is 5.10 Å². The van der Waals surface area contributed by atoms with Crippen LogP contribution in [0.5, 0.6) is 0 Å². The van der Waals surface area contributed by atoms with Gasteiger partial charge in [0.05, 0.1) is 6.21 Å². The second kappa shape index (κ2) is 6.24. The number of hydrogen-bond acceptors (Lipinski definition) is 3. The molecule has 0 fully saturated rings. The van der Waals surface area contributed by atoms with Gasteiger partial charge in [0, 0.05) is 6.42 Å². The van der Waals surface area contributed by atoms with Crippen molar-refractivity contribution in [2.75, 3.05) is 0 Å². The Bertz CT molecular complexity index is 650. The number of aryl methyl sites for hydroxylation is 1. The summed E-state index contributed by atoms with van der Waals surface area (Å²) >= 11 is 5.13. The van der Waals surface area contributed by atoms with Crippen molar-refractivity contribution < 1.29 is 0 Å². The van der Waals surface area contributed by atoms with Gasteiger partial charge < -0.3 is 0 Å². The lowest BCUT2D eigenvalue weighted by Crippen LogP contribution is -1.97. The number of H-pyrrole nitrogens is 1. The van der Waals surface area contributed by atoms with Crippen molar-refractivity contribution in [3.8, 4) is 0 Å². The summed E-state index contributed by atoms with van der Waals surface area (Å²) in [4.78, 5) is 0. The molecule has 1 heterocycles. The van der Waals surface area contributed by atoms with Crippen molar-refractivity contribution in [1.29, 1.82) is 0 Å². The lowest BCUT2D eigenvalue weighted by atomic mass is 10.1. The Morgan fingerprint density at radius 1 is 1.42 bits per heavy atom. The highest BCUT2D eigenvalue weighted by Crippen LogP contribution is 2.05. The zero-order chi connectivity index (χ0) is 13.7. The van der Waals surface area contributed by atoms with Gasteiger partial charge in [0.2, 0.25) is 4.77 Å². The summed E-state index contributed by atoms with van der Waals surface area (Å²) in [6.45, 7) is 4.02. The Kier molecular flexibility index (Phi) is 4.41. The maximum Gasteiger partial charge on any atom is 0.216 e. The molecule has 0 saturated carbocycles. The molecule has 0 unspecified atom stereocenters. The normalized spacial score (nSPS) is 12.2. The highest BCUT2D eigenvalue weighted by molar-refractivity contribution is 7.71. The zero-order valence-electron chi connectivity index (χ0n) is 11.0. The van der Waals surface area contributed by atoms with Crippen LogP contribution in [0.3, 0.4) is 0 Å². The summed E-state index contributed by atoms with van der Waals surface area (Å²) in [7, 11) is 0. The average Bonchev–Trinajstić information content (AvgIpc) is 2.78. The zero-order valence-corrected chi connectivity index (χ0v) is 11.8. The Morgan fingerprint density at radius 2 is 2.16 bits per heavy atom. The summed E-state index contributed by atoms with van der Waals surface area (Å²) in [6, 6.07) is 10.1. The molecule has 98 valence electrons. The second-order valence-corrected chi connectivity index (χ2v) is 4.54. The molecule has 1 N–H and O–H groups in total. The lowest BCUT2D eigenvalue weighted by molar-refractivity contribution is 0.780. The Balaban J connectivity index is 2.21. The molecule has 1 aromatic carbocycles. The number of nitrogens with zero attached hydrogens (tertiary/aromatic N) is 3. The van der Waals surface area contributed by atoms with Gasteiger partial charge >= 0.3 is 0 Å². The molecule has 0 bridgehead atoms. The largest absolute Gasteiger partial charge is 0.250 e. The summed E-state index contributed by atoms with van der Waals surface area (Å²) < 4.78 is 2.16. The molecule has 0 atom stereocenters. The smallest absolute Gasteiger partial charge is 0.216 e. The molecule has 0 saturated heterocycles. The van der Waals surface area contributed by atoms with E-state index in [1.807, 2.05) is 32.0 Å². The van der Waals surface area contributed by atoms with E-state index in [1.165, 1.54) is 0 Å². The molecule has 4 nitrogen and oxygen atoms in total. The summed E-state index contributed by atoms with van der Waals surface area (Å²) in [5, 5.41) is 11.2. The number of nitrogens with one attached hydrogen (secondary N) is 1. The third-order valence-corrected chi connectivity index (χ3v) is 2.87. The van der Waals surface area contributed by atoms with Crippen LogP contribution in [0.4, 0.5) is 0 Å². The predicted molar refractivity (Wildman–Crippen MR) is 80.8 cm³/mol. The Hall–Kier alpha value is -2.01. The van der Waals surface area contributed by atoms with Crippen LogP contribution in [-0.2, 0) is 6.42 Å². The van der Waals surface area contributed by atoms with E-state index in [2.05, 4.69) is 33.5 Å². The molecule has 0 radical (unpaired) electrons. The molecular weight excluding hydrogens is 256 g/mol. The van der Waals surface area contributed by atoms with Crippen LogP contribution >= 0.6 is 12.2 Å². The van der Waals surface area contributed by atoms with E-state index in [0.717, 1.165) is 23.4 Å². The monoisotopic (exact) mass is 272 g/mol. The lowest BCUT2D eigenvalue weighted by Gasteiger charge is -1.97. The fraction of sp³-hybridized carbons (Fsp3) is 0.214. The Morgan fingerprint density at radius 3 is 2.84 bits per heavy atom. The first-order valence-corrected chi connectivity index (χ1v) is 6.55. The van der Waals surface area contributed by atoms with Gasteiger partial charge in [0.1, 0.15) is 0 Å². The maximum absolute atomic E-state index is 5.13. The number of hydrogen-bond donors (Lipinski definition) is 1. The van der Waals surface area contributed by atoms with Crippen LogP contribution in [0.1, 0.15) is 25.2 Å². The molecule has 1 aromatic heterocycles. The third-order valence-electron chi connectivity index (χ3n) is 2.60. The van der Waals surface area contributed by atoms with Gasteiger partial charge in [-0.15, -0.1) is 0 Å². The minimum absolute atomic E-state index is 0.514. The molecular formula is C14H16N4S. The molecule has 0 spiro atoms. The van der Waals surface area contributed by atoms with E-state index in [-0.39, 0.29) is 0 Å². The van der Waals surface area contributed by atoms with Gasteiger partial charge in [-0.2, -0.15) is 14.9 Å². The highest BCUT2D eigenvalue weighted by Gasteiger charge is 2.00. The van der Waals surface area contributed by atoms with Crippen molar-refractivity contribution in [3.05, 3.63) is 52.1 Å². The van der Waals surface area contributed by atoms with Gasteiger partial charge in [0.15, 0.2) is 5.82 Å². The molecule has 0 aliphatic carbocycles. The quantitative estimate of drug-likeness (QED) is 0.684. The summed E-state index contributed by atoms with van der Waals surface area (Å²) in [5.41, 5.74) is 2.20. The van der Waals surface area contributed by atoms with Crippen molar-refractivity contribution in [1.82, 2.24) is 14.9 Å². The van der Waals surface area contributed by atoms with Crippen molar-refractivity contribution in [2.45, 2.75) is 20.3 Å².